The lowest BCUT2D eigenvalue weighted by molar-refractivity contribution is 0.0951. The fourth-order valence-corrected chi connectivity index (χ4v) is 4.74. The van der Waals surface area contributed by atoms with E-state index < -0.39 is 17.1 Å². The fourth-order valence-electron chi connectivity index (χ4n) is 4.61. The number of carbonyl (C=O) groups excluding carboxylic acids is 4. The number of amides is 3. The van der Waals surface area contributed by atoms with Crippen LogP contribution in [-0.4, -0.2) is 46.0 Å². The summed E-state index contributed by atoms with van der Waals surface area (Å²) >= 11 is 5.16. The number of nitrogens with one attached hydrogen (secondary N) is 1. The first-order valence-corrected chi connectivity index (χ1v) is 17.3. The van der Waals surface area contributed by atoms with E-state index in [9.17, 15) is 19.2 Å². The Hall–Kier alpha value is -6.89. The summed E-state index contributed by atoms with van der Waals surface area (Å²) < 4.78 is 11.2. The van der Waals surface area contributed by atoms with Crippen LogP contribution in [0, 0.1) is 0 Å². The molecule has 0 saturated heterocycles. The quantitative estimate of drug-likeness (QED) is 0.0950. The van der Waals surface area contributed by atoms with Crippen molar-refractivity contribution in [3.05, 3.63) is 179 Å². The van der Waals surface area contributed by atoms with Crippen LogP contribution in [0.3, 0.4) is 0 Å². The van der Waals surface area contributed by atoms with Crippen molar-refractivity contribution in [3.8, 4) is 23.3 Å². The van der Waals surface area contributed by atoms with Crippen molar-refractivity contribution in [3.63, 3.8) is 0 Å². The van der Waals surface area contributed by atoms with Crippen molar-refractivity contribution in [2.24, 2.45) is 17.2 Å². The van der Waals surface area contributed by atoms with Crippen molar-refractivity contribution in [1.29, 1.82) is 0 Å². The van der Waals surface area contributed by atoms with Gasteiger partial charge in [0.05, 0.1) is 11.1 Å². The second kappa shape index (κ2) is 21.6. The molecule has 0 aliphatic rings. The first-order chi connectivity index (χ1) is 26.6. The maximum absolute atomic E-state index is 12.0. The smallest absolute Gasteiger partial charge is 0.252 e. The van der Waals surface area contributed by atoms with Gasteiger partial charge in [-0.15, -0.1) is 0 Å². The second-order valence-corrected chi connectivity index (χ2v) is 11.9. The highest BCUT2D eigenvalue weighted by Gasteiger charge is 2.06. The Bertz CT molecular complexity index is 2120. The number of rotatable bonds is 13. The summed E-state index contributed by atoms with van der Waals surface area (Å²) in [7, 11) is 0. The van der Waals surface area contributed by atoms with E-state index in [4.69, 9.17) is 38.3 Å². The van der Waals surface area contributed by atoms with E-state index in [1.54, 1.807) is 60.7 Å². The summed E-state index contributed by atoms with van der Waals surface area (Å²) in [5.74, 6) is 0.981. The van der Waals surface area contributed by atoms with Crippen LogP contribution in [0.5, 0.6) is 23.3 Å². The lowest BCUT2D eigenvalue weighted by atomic mass is 10.1. The Kier molecular flexibility index (Phi) is 16.0. The van der Waals surface area contributed by atoms with E-state index in [1.165, 1.54) is 12.4 Å². The van der Waals surface area contributed by atoms with Crippen molar-refractivity contribution in [2.45, 2.75) is 12.8 Å². The summed E-state index contributed by atoms with van der Waals surface area (Å²) in [6, 6.07) is 39.3. The molecule has 55 heavy (non-hydrogen) atoms. The zero-order chi connectivity index (χ0) is 39.4. The molecule has 7 N–H and O–H groups in total. The third kappa shape index (κ3) is 14.2. The largest absolute Gasteiger partial charge is 0.439 e. The van der Waals surface area contributed by atoms with Crippen molar-refractivity contribution < 1.29 is 28.7 Å². The molecule has 0 spiro atoms. The third-order valence-corrected chi connectivity index (χ3v) is 7.72. The van der Waals surface area contributed by atoms with Gasteiger partial charge in [-0.25, -0.2) is 9.97 Å². The highest BCUT2D eigenvalue weighted by Crippen LogP contribution is 2.21. The van der Waals surface area contributed by atoms with Crippen LogP contribution in [0.25, 0.3) is 0 Å². The Morgan fingerprint density at radius 3 is 1.35 bits per heavy atom. The number of benzene rings is 4. The van der Waals surface area contributed by atoms with Crippen LogP contribution in [0.2, 0.25) is 0 Å². The van der Waals surface area contributed by atoms with Gasteiger partial charge < -0.3 is 32.0 Å². The average Bonchev–Trinajstić information content (AvgIpc) is 3.21. The van der Waals surface area contributed by atoms with Crippen molar-refractivity contribution in [2.75, 3.05) is 13.1 Å². The molecule has 0 radical (unpaired) electrons. The number of carbonyl (C=O) groups is 4. The number of hydrogen-bond donors (Lipinski definition) is 4. The zero-order valence-electron chi connectivity index (χ0n) is 29.6. The van der Waals surface area contributed by atoms with Crippen LogP contribution in [0.15, 0.2) is 146 Å². The summed E-state index contributed by atoms with van der Waals surface area (Å²) in [6.45, 7) is 1.17. The molecular formula is C42H39ClN6O6. The van der Waals surface area contributed by atoms with E-state index in [-0.39, 0.29) is 5.91 Å². The maximum Gasteiger partial charge on any atom is 0.252 e. The molecule has 0 atom stereocenters. The summed E-state index contributed by atoms with van der Waals surface area (Å²) in [6.07, 6.45) is 4.32. The molecule has 0 unspecified atom stereocenters. The predicted octanol–water partition coefficient (Wildman–Crippen LogP) is 6.48. The van der Waals surface area contributed by atoms with E-state index in [1.807, 2.05) is 72.8 Å². The molecule has 2 heterocycles. The molecule has 280 valence electrons. The monoisotopic (exact) mass is 758 g/mol. The molecular weight excluding hydrogens is 720 g/mol. The number of pyridine rings is 2. The number of nitrogens with two attached hydrogens (primary N) is 3. The van der Waals surface area contributed by atoms with Gasteiger partial charge in [-0.1, -0.05) is 72.8 Å². The number of aromatic nitrogens is 2. The summed E-state index contributed by atoms with van der Waals surface area (Å²) in [5, 5.41) is 2.49. The van der Waals surface area contributed by atoms with Gasteiger partial charge in [-0.3, -0.25) is 19.2 Å². The Morgan fingerprint density at radius 2 is 0.982 bits per heavy atom. The minimum absolute atomic E-state index is 0.0824. The first-order valence-electron chi connectivity index (χ1n) is 16.9. The van der Waals surface area contributed by atoms with Gasteiger partial charge in [0.2, 0.25) is 23.6 Å². The lowest BCUT2D eigenvalue weighted by Crippen LogP contribution is -2.25. The van der Waals surface area contributed by atoms with E-state index in [0.717, 1.165) is 17.5 Å². The van der Waals surface area contributed by atoms with Gasteiger partial charge in [0.15, 0.2) is 0 Å². The normalized spacial score (nSPS) is 10.0. The summed E-state index contributed by atoms with van der Waals surface area (Å²) in [4.78, 5) is 52.4. The molecule has 6 rings (SSSR count). The SMILES string of the molecule is NC(=O)c1ccc(Oc2ccc(CCNC(=O)c3ccccc3)cc2)nc1.NCCc1ccc(Oc2ccc(C(N)=O)cn2)cc1.O=C(Cl)c1ccccc1. The molecule has 3 amide bonds. The van der Waals surface area contributed by atoms with Crippen LogP contribution >= 0.6 is 11.6 Å². The minimum Gasteiger partial charge on any atom is -0.439 e. The first kappa shape index (κ1) is 40.9. The van der Waals surface area contributed by atoms with Crippen molar-refractivity contribution in [1.82, 2.24) is 15.3 Å². The maximum atomic E-state index is 12.0. The minimum atomic E-state index is -0.530. The zero-order valence-corrected chi connectivity index (χ0v) is 30.4. The predicted molar refractivity (Wildman–Crippen MR) is 210 cm³/mol. The molecule has 0 aliphatic heterocycles. The molecule has 0 bridgehead atoms. The van der Waals surface area contributed by atoms with Crippen LogP contribution in [0.4, 0.5) is 0 Å². The highest BCUT2D eigenvalue weighted by atomic mass is 35.5. The molecule has 2 aromatic heterocycles. The Morgan fingerprint density at radius 1 is 0.545 bits per heavy atom. The molecule has 0 aliphatic carbocycles. The van der Waals surface area contributed by atoms with Crippen LogP contribution < -0.4 is 32.0 Å². The van der Waals surface area contributed by atoms with Gasteiger partial charge in [0.25, 0.3) is 11.1 Å². The van der Waals surface area contributed by atoms with Gasteiger partial charge >= 0.3 is 0 Å². The van der Waals surface area contributed by atoms with Gasteiger partial charge in [-0.05, 0) is 90.6 Å². The molecule has 13 heteroatoms. The van der Waals surface area contributed by atoms with Crippen LogP contribution in [0.1, 0.15) is 52.6 Å². The second-order valence-electron chi connectivity index (χ2n) is 11.5. The number of primary amides is 2. The molecule has 4 aromatic carbocycles. The number of ether oxygens (including phenoxy) is 2. The topological polar surface area (TPSA) is 203 Å². The lowest BCUT2D eigenvalue weighted by Gasteiger charge is -2.07. The highest BCUT2D eigenvalue weighted by molar-refractivity contribution is 6.67. The van der Waals surface area contributed by atoms with E-state index in [2.05, 4.69) is 15.3 Å². The van der Waals surface area contributed by atoms with Crippen LogP contribution in [-0.2, 0) is 12.8 Å². The number of hydrogen-bond acceptors (Lipinski definition) is 9. The molecule has 12 nitrogen and oxygen atoms in total. The van der Waals surface area contributed by atoms with Gasteiger partial charge in [0, 0.05) is 42.2 Å². The Balaban J connectivity index is 0.000000207. The van der Waals surface area contributed by atoms with E-state index >= 15 is 0 Å². The van der Waals surface area contributed by atoms with E-state index in [0.29, 0.717) is 65.0 Å². The average molecular weight is 759 g/mol. The Labute approximate surface area is 323 Å². The fraction of sp³-hybridized carbons (Fsp3) is 0.0952. The van der Waals surface area contributed by atoms with Crippen molar-refractivity contribution >= 4 is 34.6 Å². The molecule has 0 fully saturated rings. The standard InChI is InChI=1S/C21H19N3O3.C14H15N3O2.C7H5ClO/c22-20(25)17-8-11-19(24-14-17)27-18-9-6-15(7-10-18)12-13-23-21(26)16-4-2-1-3-5-16;15-8-7-10-1-4-12(5-2-10)19-13-6-3-11(9-17-13)14(16)18;8-7(9)6-4-2-1-3-5-6/h1-11,14H,12-13H2,(H2,22,25)(H,23,26);1-6,9H,7-8,15H2,(H2,16,18);1-5H. The molecule has 6 aromatic rings. The number of halogens is 1. The summed E-state index contributed by atoms with van der Waals surface area (Å²) in [5.41, 5.74) is 19.9. The number of nitrogens with zero attached hydrogens (tertiary/aromatic N) is 2. The molecule has 0 saturated carbocycles. The third-order valence-electron chi connectivity index (χ3n) is 7.50. The van der Waals surface area contributed by atoms with Gasteiger partial charge in [0.1, 0.15) is 11.5 Å². The van der Waals surface area contributed by atoms with Gasteiger partial charge in [-0.2, -0.15) is 0 Å².